The molecular weight excluding hydrogens is 210 g/mol. The van der Waals surface area contributed by atoms with Crippen molar-refractivity contribution in [1.29, 1.82) is 0 Å². The Bertz CT molecular complexity index is 317. The molecule has 4 nitrogen and oxygen atoms in total. The summed E-state index contributed by atoms with van der Waals surface area (Å²) in [6, 6.07) is 0. The lowest BCUT2D eigenvalue weighted by atomic mass is 10.3. The fourth-order valence-electron chi connectivity index (χ4n) is 1.53. The van der Waals surface area contributed by atoms with Gasteiger partial charge in [-0.05, 0) is 13.3 Å². The molecule has 0 amide bonds. The van der Waals surface area contributed by atoms with Crippen molar-refractivity contribution in [3.63, 3.8) is 0 Å². The zero-order valence-electron chi connectivity index (χ0n) is 8.72. The quantitative estimate of drug-likeness (QED) is 0.837. The standard InChI is InChI=1S/C10H15N3OS/c1-7-9(2-3-14-7)15-10-6-12-8(4-11)5-13-10/h5-7,9H,2-4,11H2,1H3. The molecule has 1 aliphatic heterocycles. The highest BCUT2D eigenvalue weighted by molar-refractivity contribution is 7.99. The minimum atomic E-state index is 0.311. The van der Waals surface area contributed by atoms with Gasteiger partial charge in [-0.3, -0.25) is 4.98 Å². The second-order valence-corrected chi connectivity index (χ2v) is 4.83. The second-order valence-electron chi connectivity index (χ2n) is 3.57. The normalized spacial score (nSPS) is 25.7. The van der Waals surface area contributed by atoms with Gasteiger partial charge in [0.2, 0.25) is 0 Å². The maximum Gasteiger partial charge on any atom is 0.115 e. The van der Waals surface area contributed by atoms with Crippen LogP contribution in [0.25, 0.3) is 0 Å². The number of aromatic nitrogens is 2. The van der Waals surface area contributed by atoms with Gasteiger partial charge in [-0.1, -0.05) is 11.8 Å². The van der Waals surface area contributed by atoms with E-state index in [0.717, 1.165) is 23.7 Å². The van der Waals surface area contributed by atoms with Crippen LogP contribution < -0.4 is 5.73 Å². The van der Waals surface area contributed by atoms with Gasteiger partial charge in [-0.15, -0.1) is 0 Å². The summed E-state index contributed by atoms with van der Waals surface area (Å²) in [5.74, 6) is 0. The first kappa shape index (κ1) is 10.9. The van der Waals surface area contributed by atoms with E-state index in [1.54, 1.807) is 24.2 Å². The molecule has 0 aliphatic carbocycles. The summed E-state index contributed by atoms with van der Waals surface area (Å²) in [5, 5.41) is 1.46. The Hall–Kier alpha value is -0.650. The van der Waals surface area contributed by atoms with Crippen molar-refractivity contribution in [2.45, 2.75) is 36.3 Å². The Kier molecular flexibility index (Phi) is 3.56. The average molecular weight is 225 g/mol. The van der Waals surface area contributed by atoms with Crippen molar-refractivity contribution in [2.24, 2.45) is 5.73 Å². The van der Waals surface area contributed by atoms with Crippen LogP contribution in [0.1, 0.15) is 19.0 Å². The summed E-state index contributed by atoms with van der Waals surface area (Å²) in [6.45, 7) is 3.40. The van der Waals surface area contributed by atoms with Gasteiger partial charge in [0.25, 0.3) is 0 Å². The van der Waals surface area contributed by atoms with Crippen LogP contribution in [0.2, 0.25) is 0 Å². The third-order valence-electron chi connectivity index (χ3n) is 2.47. The van der Waals surface area contributed by atoms with E-state index in [4.69, 9.17) is 10.5 Å². The molecule has 1 fully saturated rings. The Balaban J connectivity index is 1.98. The molecule has 1 aromatic rings. The Morgan fingerprint density at radius 1 is 1.53 bits per heavy atom. The fraction of sp³-hybridized carbons (Fsp3) is 0.600. The van der Waals surface area contributed by atoms with Gasteiger partial charge in [-0.2, -0.15) is 0 Å². The van der Waals surface area contributed by atoms with E-state index in [-0.39, 0.29) is 0 Å². The molecular formula is C10H15N3OS. The van der Waals surface area contributed by atoms with Crippen molar-refractivity contribution >= 4 is 11.8 Å². The first-order valence-corrected chi connectivity index (χ1v) is 5.97. The van der Waals surface area contributed by atoms with E-state index < -0.39 is 0 Å². The predicted octanol–water partition coefficient (Wildman–Crippen LogP) is 1.20. The molecule has 1 aliphatic rings. The summed E-state index contributed by atoms with van der Waals surface area (Å²) in [4.78, 5) is 8.53. The third kappa shape index (κ3) is 2.68. The monoisotopic (exact) mass is 225 g/mol. The number of hydrogen-bond acceptors (Lipinski definition) is 5. The maximum atomic E-state index is 5.49. The first-order chi connectivity index (χ1) is 7.29. The highest BCUT2D eigenvalue weighted by Gasteiger charge is 2.25. The van der Waals surface area contributed by atoms with Crippen molar-refractivity contribution in [3.8, 4) is 0 Å². The summed E-state index contributed by atoms with van der Waals surface area (Å²) >= 11 is 1.74. The average Bonchev–Trinajstić information content (AvgIpc) is 2.66. The first-order valence-electron chi connectivity index (χ1n) is 5.09. The molecule has 1 aromatic heterocycles. The van der Waals surface area contributed by atoms with Gasteiger partial charge >= 0.3 is 0 Å². The molecule has 0 spiro atoms. The highest BCUT2D eigenvalue weighted by atomic mass is 32.2. The molecule has 0 aromatic carbocycles. The van der Waals surface area contributed by atoms with E-state index >= 15 is 0 Å². The number of hydrogen-bond donors (Lipinski definition) is 1. The van der Waals surface area contributed by atoms with Crippen molar-refractivity contribution in [3.05, 3.63) is 18.1 Å². The van der Waals surface area contributed by atoms with Crippen LogP contribution in [-0.2, 0) is 11.3 Å². The lowest BCUT2D eigenvalue weighted by molar-refractivity contribution is 0.127. The van der Waals surface area contributed by atoms with Crippen molar-refractivity contribution in [2.75, 3.05) is 6.61 Å². The van der Waals surface area contributed by atoms with Crippen LogP contribution in [0.15, 0.2) is 17.4 Å². The van der Waals surface area contributed by atoms with Crippen LogP contribution in [0, 0.1) is 0 Å². The smallest absolute Gasteiger partial charge is 0.115 e. The van der Waals surface area contributed by atoms with Gasteiger partial charge in [0.1, 0.15) is 5.03 Å². The van der Waals surface area contributed by atoms with Gasteiger partial charge in [0.15, 0.2) is 0 Å². The van der Waals surface area contributed by atoms with E-state index in [0.29, 0.717) is 17.9 Å². The minimum Gasteiger partial charge on any atom is -0.377 e. The number of rotatable bonds is 3. The molecule has 2 N–H and O–H groups in total. The molecule has 2 unspecified atom stereocenters. The molecule has 2 heterocycles. The number of ether oxygens (including phenoxy) is 1. The second kappa shape index (κ2) is 4.92. The number of thioether (sulfide) groups is 1. The van der Waals surface area contributed by atoms with Crippen molar-refractivity contribution in [1.82, 2.24) is 9.97 Å². The topological polar surface area (TPSA) is 61.0 Å². The molecule has 82 valence electrons. The minimum absolute atomic E-state index is 0.311. The zero-order valence-corrected chi connectivity index (χ0v) is 9.54. The maximum absolute atomic E-state index is 5.49. The Morgan fingerprint density at radius 2 is 2.40 bits per heavy atom. The summed E-state index contributed by atoms with van der Waals surface area (Å²) in [6.07, 6.45) is 4.93. The molecule has 1 saturated heterocycles. The van der Waals surface area contributed by atoms with Gasteiger partial charge in [0, 0.05) is 18.4 Å². The molecule has 5 heteroatoms. The zero-order chi connectivity index (χ0) is 10.7. The lowest BCUT2D eigenvalue weighted by Gasteiger charge is -2.12. The largest absolute Gasteiger partial charge is 0.377 e. The summed E-state index contributed by atoms with van der Waals surface area (Å²) in [7, 11) is 0. The summed E-state index contributed by atoms with van der Waals surface area (Å²) in [5.41, 5.74) is 6.29. The van der Waals surface area contributed by atoms with E-state index in [2.05, 4.69) is 16.9 Å². The lowest BCUT2D eigenvalue weighted by Crippen LogP contribution is -2.13. The van der Waals surface area contributed by atoms with Crippen molar-refractivity contribution < 1.29 is 4.74 Å². The molecule has 15 heavy (non-hydrogen) atoms. The van der Waals surface area contributed by atoms with Crippen LogP contribution >= 0.6 is 11.8 Å². The van der Waals surface area contributed by atoms with E-state index in [9.17, 15) is 0 Å². The molecule has 2 rings (SSSR count). The third-order valence-corrected chi connectivity index (χ3v) is 3.84. The molecule has 0 radical (unpaired) electrons. The van der Waals surface area contributed by atoms with Crippen LogP contribution in [0.4, 0.5) is 0 Å². The van der Waals surface area contributed by atoms with Gasteiger partial charge in [0.05, 0.1) is 24.2 Å². The Morgan fingerprint density at radius 3 is 2.93 bits per heavy atom. The van der Waals surface area contributed by atoms with E-state index in [1.165, 1.54) is 0 Å². The molecule has 0 saturated carbocycles. The van der Waals surface area contributed by atoms with Gasteiger partial charge in [-0.25, -0.2) is 4.98 Å². The molecule has 2 atom stereocenters. The van der Waals surface area contributed by atoms with Crippen LogP contribution in [0.3, 0.4) is 0 Å². The van der Waals surface area contributed by atoms with Crippen LogP contribution in [-0.4, -0.2) is 27.9 Å². The highest BCUT2D eigenvalue weighted by Crippen LogP contribution is 2.30. The predicted molar refractivity (Wildman–Crippen MR) is 59.6 cm³/mol. The van der Waals surface area contributed by atoms with Gasteiger partial charge < -0.3 is 10.5 Å². The SMILES string of the molecule is CC1OCCC1Sc1cnc(CN)cn1. The number of nitrogens with zero attached hydrogens (tertiary/aromatic N) is 2. The number of nitrogens with two attached hydrogens (primary N) is 1. The fourth-order valence-corrected chi connectivity index (χ4v) is 2.55. The molecule has 0 bridgehead atoms. The van der Waals surface area contributed by atoms with E-state index in [1.807, 2.05) is 0 Å². The van der Waals surface area contributed by atoms with Crippen LogP contribution in [0.5, 0.6) is 0 Å². The summed E-state index contributed by atoms with van der Waals surface area (Å²) < 4.78 is 5.49. The Labute approximate surface area is 93.6 Å².